The summed E-state index contributed by atoms with van der Waals surface area (Å²) in [6.07, 6.45) is -10.6. The third kappa shape index (κ3) is 9.49. The third-order valence-electron chi connectivity index (χ3n) is 6.50. The van der Waals surface area contributed by atoms with Crippen molar-refractivity contribution in [2.75, 3.05) is 51.8 Å². The number of sulfonamides is 1. The highest BCUT2D eigenvalue weighted by atomic mass is 32.2. The van der Waals surface area contributed by atoms with Crippen molar-refractivity contribution in [2.24, 2.45) is 0 Å². The molecule has 0 saturated heterocycles. The highest BCUT2D eigenvalue weighted by Crippen LogP contribution is 2.64. The second-order valence-corrected chi connectivity index (χ2v) is 16.0. The summed E-state index contributed by atoms with van der Waals surface area (Å²) in [5.41, 5.74) is 0. The predicted octanol–water partition coefficient (Wildman–Crippen LogP) is 4.61. The predicted molar refractivity (Wildman–Crippen MR) is 130 cm³/mol. The first-order chi connectivity index (χ1) is 21.0. The molecule has 0 saturated carbocycles. The van der Waals surface area contributed by atoms with E-state index in [4.69, 9.17) is 9.11 Å². The Hall–Kier alpha value is -1.50. The van der Waals surface area contributed by atoms with Crippen molar-refractivity contribution in [3.8, 4) is 0 Å². The molecule has 0 heterocycles. The van der Waals surface area contributed by atoms with Gasteiger partial charge in [0.2, 0.25) is 0 Å². The van der Waals surface area contributed by atoms with Crippen LogP contribution in [-0.2, 0) is 30.3 Å². The van der Waals surface area contributed by atoms with Gasteiger partial charge in [-0.15, -0.1) is 0 Å². The van der Waals surface area contributed by atoms with E-state index >= 15 is 0 Å². The van der Waals surface area contributed by atoms with E-state index in [-0.39, 0.29) is 13.0 Å². The topological polar surface area (TPSA) is 146 Å². The third-order valence-corrected chi connectivity index (χ3v) is 10.1. The monoisotopic (exact) mass is 829 g/mol. The molecule has 0 rings (SSSR count). The van der Waals surface area contributed by atoms with Crippen molar-refractivity contribution < 1.29 is 113 Å². The smallest absolute Gasteiger partial charge is 0.328 e. The molecule has 0 aliphatic carbocycles. The zero-order valence-corrected chi connectivity index (χ0v) is 26.7. The molecule has 0 radical (unpaired) electrons. The van der Waals surface area contributed by atoms with Gasteiger partial charge in [0.15, 0.2) is 0 Å². The van der Waals surface area contributed by atoms with Crippen LogP contribution in [-0.4, -0.2) is 142 Å². The maximum atomic E-state index is 14.8. The summed E-state index contributed by atoms with van der Waals surface area (Å²) >= 11 is 0. The maximum Gasteiger partial charge on any atom is 0.460 e. The van der Waals surface area contributed by atoms with Gasteiger partial charge in [-0.25, -0.2) is 8.42 Å². The molecule has 0 aliphatic rings. The summed E-state index contributed by atoms with van der Waals surface area (Å²) in [6, 6.07) is 0. The lowest BCUT2D eigenvalue weighted by Gasteiger charge is -2.43. The number of nitrogens with zero attached hydrogens (tertiary/aromatic N) is 2. The fourth-order valence-corrected chi connectivity index (χ4v) is 6.21. The lowest BCUT2D eigenvalue weighted by Crippen LogP contribution is -2.75. The molecule has 0 spiro atoms. The summed E-state index contributed by atoms with van der Waals surface area (Å²) in [4.78, 5) is 0. The number of hydrogen-bond acceptors (Lipinski definition) is 6. The summed E-state index contributed by atoms with van der Waals surface area (Å²) in [6.45, 7) is -4.16. The molecule has 0 aromatic rings. The molecule has 296 valence electrons. The van der Waals surface area contributed by atoms with Gasteiger partial charge in [0.05, 0.1) is 38.7 Å². The number of quaternary nitrogens is 1. The molecular formula is C19H26F17N2O8S3+. The van der Waals surface area contributed by atoms with Gasteiger partial charge in [0.1, 0.15) is 0 Å². The van der Waals surface area contributed by atoms with E-state index in [2.05, 4.69) is 0 Å². The Kier molecular flexibility index (Phi) is 13.7. The van der Waals surface area contributed by atoms with E-state index in [0.29, 0.717) is 0 Å². The average Bonchev–Trinajstić information content (AvgIpc) is 2.84. The normalized spacial score (nSPS) is 16.0. The van der Waals surface area contributed by atoms with Crippen molar-refractivity contribution in [3.63, 3.8) is 0 Å². The van der Waals surface area contributed by atoms with Gasteiger partial charge in [-0.1, -0.05) is 0 Å². The summed E-state index contributed by atoms with van der Waals surface area (Å²) < 4.78 is 316. The van der Waals surface area contributed by atoms with E-state index in [9.17, 15) is 99.9 Å². The van der Waals surface area contributed by atoms with Crippen molar-refractivity contribution in [3.05, 3.63) is 0 Å². The molecule has 0 bridgehead atoms. The van der Waals surface area contributed by atoms with Crippen LogP contribution in [0.25, 0.3) is 0 Å². The molecule has 0 amide bonds. The van der Waals surface area contributed by atoms with Crippen molar-refractivity contribution in [2.45, 2.75) is 66.2 Å². The Labute approximate surface area is 266 Å². The SMILES string of the molecule is C[N+](C)(CCCN(CCCS(=O)(=O)O)S(=O)(=O)C(F)(F)C(F)(F)C(F)(F)C(F)(F)C(F)(F)C(F)(F)C(F)(F)C(F)(F)F)CCCS(=O)(=O)O. The lowest BCUT2D eigenvalue weighted by atomic mass is 9.91. The second-order valence-electron chi connectivity index (χ2n) is 10.9. The van der Waals surface area contributed by atoms with Gasteiger partial charge in [-0.05, 0) is 6.42 Å². The van der Waals surface area contributed by atoms with E-state index in [0.717, 1.165) is 0 Å². The molecule has 0 aliphatic heterocycles. The largest absolute Gasteiger partial charge is 0.460 e. The fourth-order valence-electron chi connectivity index (χ4n) is 3.71. The van der Waals surface area contributed by atoms with Crippen LogP contribution in [0, 0.1) is 0 Å². The van der Waals surface area contributed by atoms with E-state index in [1.807, 2.05) is 0 Å². The number of rotatable bonds is 20. The second kappa shape index (κ2) is 14.1. The van der Waals surface area contributed by atoms with Crippen LogP contribution in [0.3, 0.4) is 0 Å². The Balaban J connectivity index is 6.88. The summed E-state index contributed by atoms with van der Waals surface area (Å²) in [5, 5.41) is -7.86. The zero-order valence-electron chi connectivity index (χ0n) is 24.3. The minimum atomic E-state index is -9.03. The van der Waals surface area contributed by atoms with Gasteiger partial charge in [0, 0.05) is 25.9 Å². The maximum absolute atomic E-state index is 14.8. The molecule has 0 aromatic heterocycles. The summed E-state index contributed by atoms with van der Waals surface area (Å²) in [7, 11) is -15.0. The molecule has 0 aromatic carbocycles. The molecule has 2 N–H and O–H groups in total. The first kappa shape index (κ1) is 47.5. The standard InChI is InChI=1S/C19H25F17N2O8S3/c1-38(2,9-5-11-48(42,43)44)8-3-6-37(7-4-10-47(39,40)41)49(45,46)19(35,36)17(30,31)15(26,27)13(22,23)12(20,21)14(24,25)16(28,29)18(32,33)34/h3-11H2,1-2H3,(H-,39,40,41,42,43,44)/p+1. The van der Waals surface area contributed by atoms with E-state index in [1.165, 1.54) is 14.1 Å². The lowest BCUT2D eigenvalue weighted by molar-refractivity contribution is -0.890. The van der Waals surface area contributed by atoms with Crippen LogP contribution >= 0.6 is 0 Å². The van der Waals surface area contributed by atoms with Gasteiger partial charge in [-0.3, -0.25) is 9.11 Å². The van der Waals surface area contributed by atoms with Crippen molar-refractivity contribution in [1.82, 2.24) is 4.31 Å². The summed E-state index contributed by atoms with van der Waals surface area (Å²) in [5.74, 6) is -55.2. The van der Waals surface area contributed by atoms with Gasteiger partial charge < -0.3 is 4.48 Å². The molecule has 0 atom stereocenters. The molecule has 49 heavy (non-hydrogen) atoms. The molecule has 0 unspecified atom stereocenters. The number of halogens is 17. The van der Waals surface area contributed by atoms with Crippen molar-refractivity contribution >= 4 is 30.3 Å². The van der Waals surface area contributed by atoms with Crippen LogP contribution in [0.1, 0.15) is 19.3 Å². The van der Waals surface area contributed by atoms with Crippen LogP contribution in [0.2, 0.25) is 0 Å². The van der Waals surface area contributed by atoms with Gasteiger partial charge in [0.25, 0.3) is 30.3 Å². The van der Waals surface area contributed by atoms with E-state index < -0.39 is 130 Å². The first-order valence-corrected chi connectivity index (χ1v) is 17.1. The van der Waals surface area contributed by atoms with Crippen LogP contribution in [0.5, 0.6) is 0 Å². The zero-order chi connectivity index (χ0) is 39.9. The molecular weight excluding hydrogens is 803 g/mol. The van der Waals surface area contributed by atoms with Crippen LogP contribution in [0.15, 0.2) is 0 Å². The minimum Gasteiger partial charge on any atom is -0.328 e. The molecule has 10 nitrogen and oxygen atoms in total. The van der Waals surface area contributed by atoms with Crippen LogP contribution in [0.4, 0.5) is 74.6 Å². The Morgan fingerprint density at radius 2 is 0.796 bits per heavy atom. The fraction of sp³-hybridized carbons (Fsp3) is 1.00. The van der Waals surface area contributed by atoms with Gasteiger partial charge >= 0.3 is 47.0 Å². The Morgan fingerprint density at radius 1 is 0.490 bits per heavy atom. The minimum absolute atomic E-state index is 0.239. The highest BCUT2D eigenvalue weighted by Gasteiger charge is 2.96. The average molecular weight is 830 g/mol. The Bertz CT molecular complexity index is 1480. The molecule has 0 fully saturated rings. The van der Waals surface area contributed by atoms with Crippen molar-refractivity contribution in [1.29, 1.82) is 0 Å². The highest BCUT2D eigenvalue weighted by molar-refractivity contribution is 7.90. The Morgan fingerprint density at radius 3 is 1.16 bits per heavy atom. The van der Waals surface area contributed by atoms with Crippen LogP contribution < -0.4 is 0 Å². The number of hydrogen-bond donors (Lipinski definition) is 2. The molecule has 30 heteroatoms. The van der Waals surface area contributed by atoms with Gasteiger partial charge in [-0.2, -0.15) is 95.8 Å². The van der Waals surface area contributed by atoms with E-state index in [1.54, 1.807) is 0 Å². The first-order valence-electron chi connectivity index (χ1n) is 12.5. The quantitative estimate of drug-likeness (QED) is 0.103. The number of alkyl halides is 17.